The molecule has 1 aliphatic rings. The van der Waals surface area contributed by atoms with E-state index in [0.717, 1.165) is 40.1 Å². The van der Waals surface area contributed by atoms with Crippen LogP contribution in [-0.4, -0.2) is 50.7 Å². The smallest absolute Gasteiger partial charge is 0.407 e. The van der Waals surface area contributed by atoms with Crippen LogP contribution in [0.3, 0.4) is 0 Å². The van der Waals surface area contributed by atoms with Crippen LogP contribution in [0.4, 0.5) is 10.6 Å². The topological polar surface area (TPSA) is 91.2 Å². The van der Waals surface area contributed by atoms with Crippen LogP contribution in [0.2, 0.25) is 0 Å². The second kappa shape index (κ2) is 7.48. The van der Waals surface area contributed by atoms with Crippen LogP contribution in [0.5, 0.6) is 0 Å². The van der Waals surface area contributed by atoms with Crippen LogP contribution in [0.1, 0.15) is 18.7 Å². The molecule has 1 aromatic carbocycles. The number of anilines is 1. The minimum Gasteiger partial charge on any atom is -0.465 e. The fourth-order valence-electron chi connectivity index (χ4n) is 3.47. The van der Waals surface area contributed by atoms with Gasteiger partial charge in [-0.15, -0.1) is 11.3 Å². The molecule has 0 saturated carbocycles. The Hall–Kier alpha value is -2.74. The summed E-state index contributed by atoms with van der Waals surface area (Å²) in [6.07, 6.45) is 1.09. The molecule has 140 valence electrons. The van der Waals surface area contributed by atoms with Gasteiger partial charge in [0.1, 0.15) is 11.6 Å². The zero-order valence-corrected chi connectivity index (χ0v) is 15.9. The van der Waals surface area contributed by atoms with E-state index >= 15 is 0 Å². The van der Waals surface area contributed by atoms with Crippen LogP contribution in [0.25, 0.3) is 21.5 Å². The molecule has 7 nitrogen and oxygen atoms in total. The van der Waals surface area contributed by atoms with E-state index in [4.69, 9.17) is 0 Å². The molecule has 1 fully saturated rings. The lowest BCUT2D eigenvalue weighted by molar-refractivity contribution is 0.122. The van der Waals surface area contributed by atoms with Gasteiger partial charge in [0, 0.05) is 31.3 Å². The number of thiazole rings is 1. The Kier molecular flexibility index (Phi) is 4.89. The highest BCUT2D eigenvalue weighted by Gasteiger charge is 2.23. The molecule has 3 aromatic rings. The normalized spacial score (nSPS) is 17.2. The summed E-state index contributed by atoms with van der Waals surface area (Å²) in [5.41, 5.74) is 4.75. The minimum absolute atomic E-state index is 0.294. The van der Waals surface area contributed by atoms with Crippen LogP contribution >= 0.6 is 11.3 Å². The summed E-state index contributed by atoms with van der Waals surface area (Å²) in [6.45, 7) is 3.78. The second-order valence-corrected chi connectivity index (χ2v) is 7.72. The van der Waals surface area contributed by atoms with Crippen LogP contribution in [0, 0.1) is 12.8 Å². The van der Waals surface area contributed by atoms with Crippen molar-refractivity contribution in [3.63, 3.8) is 0 Å². The average Bonchev–Trinajstić information content (AvgIpc) is 3.14. The Morgan fingerprint density at radius 1 is 1.37 bits per heavy atom. The first kappa shape index (κ1) is 17.7. The number of carbonyl (C=O) groups is 1. The van der Waals surface area contributed by atoms with Crippen molar-refractivity contribution in [1.82, 2.24) is 19.9 Å². The van der Waals surface area contributed by atoms with Gasteiger partial charge in [0.05, 0.1) is 21.4 Å². The number of fused-ring (bicyclic) bond motifs is 1. The number of nitrogens with one attached hydrogen (secondary N) is 1. The molecule has 0 unspecified atom stereocenters. The summed E-state index contributed by atoms with van der Waals surface area (Å²) >= 11 is 1.61. The van der Waals surface area contributed by atoms with E-state index in [2.05, 4.69) is 26.3 Å². The molecule has 0 radical (unpaired) electrons. The maximum atomic E-state index is 11.2. The lowest BCUT2D eigenvalue weighted by atomic mass is 9.98. The van der Waals surface area contributed by atoms with Gasteiger partial charge >= 0.3 is 6.09 Å². The van der Waals surface area contributed by atoms with Crippen LogP contribution < -0.4 is 5.32 Å². The number of aryl methyl sites for hydroxylation is 1. The Morgan fingerprint density at radius 3 is 3.11 bits per heavy atom. The molecular formula is C19H21N5O2S. The molecule has 1 saturated heterocycles. The number of rotatable bonds is 4. The lowest BCUT2D eigenvalue weighted by Crippen LogP contribution is -2.41. The number of hydrogen-bond acceptors (Lipinski definition) is 6. The highest BCUT2D eigenvalue weighted by Crippen LogP contribution is 2.26. The number of benzene rings is 1. The molecule has 4 rings (SSSR count). The molecule has 1 aliphatic heterocycles. The number of carboxylic acid groups (broad SMARTS) is 1. The summed E-state index contributed by atoms with van der Waals surface area (Å²) in [6, 6.07) is 8.09. The van der Waals surface area contributed by atoms with Gasteiger partial charge in [0.25, 0.3) is 0 Å². The standard InChI is InChI=1S/C19H21N5O2S/c1-12-22-16(14-4-5-15-17(7-14)27-11-21-15)8-18(23-12)20-9-13-3-2-6-24(10-13)19(25)26/h4-5,7-8,11,13H,2-3,6,9-10H2,1H3,(H,25,26)(H,20,22,23)/t13-/m0/s1. The van der Waals surface area contributed by atoms with Gasteiger partial charge in [-0.25, -0.2) is 19.7 Å². The summed E-state index contributed by atoms with van der Waals surface area (Å²) in [7, 11) is 0. The monoisotopic (exact) mass is 383 g/mol. The van der Waals surface area contributed by atoms with E-state index in [-0.39, 0.29) is 0 Å². The van der Waals surface area contributed by atoms with Crippen molar-refractivity contribution in [2.75, 3.05) is 25.0 Å². The largest absolute Gasteiger partial charge is 0.465 e. The Morgan fingerprint density at radius 2 is 2.26 bits per heavy atom. The van der Waals surface area contributed by atoms with Crippen LogP contribution in [-0.2, 0) is 0 Å². The molecule has 0 spiro atoms. The number of amides is 1. The number of piperidine rings is 1. The van der Waals surface area contributed by atoms with Crippen LogP contribution in [0.15, 0.2) is 29.8 Å². The van der Waals surface area contributed by atoms with E-state index in [1.54, 1.807) is 11.3 Å². The Labute approximate surface area is 161 Å². The van der Waals surface area contributed by atoms with Gasteiger partial charge in [-0.05, 0) is 37.8 Å². The first-order valence-corrected chi connectivity index (χ1v) is 9.87. The first-order chi connectivity index (χ1) is 13.1. The lowest BCUT2D eigenvalue weighted by Gasteiger charge is -2.30. The van der Waals surface area contributed by atoms with E-state index in [0.29, 0.717) is 31.4 Å². The molecule has 2 aromatic heterocycles. The number of hydrogen-bond donors (Lipinski definition) is 2. The molecule has 0 aliphatic carbocycles. The fourth-order valence-corrected chi connectivity index (χ4v) is 4.19. The SMILES string of the molecule is Cc1nc(NC[C@@H]2CCCN(C(=O)O)C2)cc(-c2ccc3ncsc3c2)n1. The number of likely N-dealkylation sites (tertiary alicyclic amines) is 1. The molecular weight excluding hydrogens is 362 g/mol. The highest BCUT2D eigenvalue weighted by atomic mass is 32.1. The number of aromatic nitrogens is 3. The van der Waals surface area contributed by atoms with Gasteiger partial charge in [-0.1, -0.05) is 6.07 Å². The zero-order valence-electron chi connectivity index (χ0n) is 15.1. The molecule has 2 N–H and O–H groups in total. The molecule has 1 amide bonds. The maximum absolute atomic E-state index is 11.2. The average molecular weight is 383 g/mol. The quantitative estimate of drug-likeness (QED) is 0.711. The maximum Gasteiger partial charge on any atom is 0.407 e. The predicted molar refractivity (Wildman–Crippen MR) is 106 cm³/mol. The Bertz CT molecular complexity index is 974. The zero-order chi connectivity index (χ0) is 18.8. The molecule has 0 bridgehead atoms. The fraction of sp³-hybridized carbons (Fsp3) is 0.368. The van der Waals surface area contributed by atoms with E-state index in [9.17, 15) is 9.90 Å². The van der Waals surface area contributed by atoms with Gasteiger partial charge in [0.2, 0.25) is 0 Å². The van der Waals surface area contributed by atoms with Gasteiger partial charge < -0.3 is 15.3 Å². The van der Waals surface area contributed by atoms with E-state index in [1.807, 2.05) is 30.6 Å². The van der Waals surface area contributed by atoms with Crippen molar-refractivity contribution in [1.29, 1.82) is 0 Å². The van der Waals surface area contributed by atoms with E-state index < -0.39 is 6.09 Å². The molecule has 1 atom stereocenters. The highest BCUT2D eigenvalue weighted by molar-refractivity contribution is 7.16. The van der Waals surface area contributed by atoms with Gasteiger partial charge in [-0.2, -0.15) is 0 Å². The van der Waals surface area contributed by atoms with Crippen molar-refractivity contribution in [3.8, 4) is 11.3 Å². The summed E-state index contributed by atoms with van der Waals surface area (Å²) in [5, 5.41) is 12.6. The van der Waals surface area contributed by atoms with Crippen molar-refractivity contribution < 1.29 is 9.90 Å². The summed E-state index contributed by atoms with van der Waals surface area (Å²) < 4.78 is 1.13. The molecule has 3 heterocycles. The van der Waals surface area contributed by atoms with E-state index in [1.165, 1.54) is 4.90 Å². The van der Waals surface area contributed by atoms with Crippen molar-refractivity contribution >= 4 is 33.5 Å². The summed E-state index contributed by atoms with van der Waals surface area (Å²) in [5.74, 6) is 1.77. The first-order valence-electron chi connectivity index (χ1n) is 8.99. The third kappa shape index (κ3) is 4.00. The van der Waals surface area contributed by atoms with Crippen molar-refractivity contribution in [3.05, 3.63) is 35.6 Å². The van der Waals surface area contributed by atoms with Crippen molar-refractivity contribution in [2.24, 2.45) is 5.92 Å². The number of nitrogens with zero attached hydrogens (tertiary/aromatic N) is 4. The second-order valence-electron chi connectivity index (χ2n) is 6.84. The van der Waals surface area contributed by atoms with Gasteiger partial charge in [0.15, 0.2) is 0 Å². The predicted octanol–water partition coefficient (Wildman–Crippen LogP) is 3.86. The van der Waals surface area contributed by atoms with Crippen molar-refractivity contribution in [2.45, 2.75) is 19.8 Å². The summed E-state index contributed by atoms with van der Waals surface area (Å²) in [4.78, 5) is 26.0. The Balaban J connectivity index is 1.49. The van der Waals surface area contributed by atoms with Gasteiger partial charge in [-0.3, -0.25) is 0 Å². The molecule has 27 heavy (non-hydrogen) atoms. The molecule has 8 heteroatoms. The minimum atomic E-state index is -0.835. The third-order valence-corrected chi connectivity index (χ3v) is 5.62. The third-order valence-electron chi connectivity index (χ3n) is 4.83.